The van der Waals surface area contributed by atoms with Gasteiger partial charge < -0.3 is 0 Å². The van der Waals surface area contributed by atoms with Crippen LogP contribution in [0.5, 0.6) is 0 Å². The summed E-state index contributed by atoms with van der Waals surface area (Å²) in [7, 11) is 0. The van der Waals surface area contributed by atoms with Crippen molar-refractivity contribution in [3.05, 3.63) is 247 Å². The molecule has 12 rings (SSSR count). The summed E-state index contributed by atoms with van der Waals surface area (Å²) < 4.78 is 0. The van der Waals surface area contributed by atoms with Gasteiger partial charge in [0, 0.05) is 16.7 Å². The molecule has 0 radical (unpaired) electrons. The molecule has 61 heavy (non-hydrogen) atoms. The Morgan fingerprint density at radius 2 is 0.770 bits per heavy atom. The fourth-order valence-electron chi connectivity index (χ4n) is 9.84. The van der Waals surface area contributed by atoms with Crippen molar-refractivity contribution in [1.29, 1.82) is 0 Å². The molecule has 0 N–H and O–H groups in total. The fraction of sp³-hybridized carbons (Fsp3) is 0.0172. The molecule has 1 aliphatic carbocycles. The molecule has 0 aliphatic heterocycles. The van der Waals surface area contributed by atoms with Gasteiger partial charge in [-0.2, -0.15) is 0 Å². The van der Waals surface area contributed by atoms with E-state index in [-0.39, 0.29) is 0 Å². The van der Waals surface area contributed by atoms with E-state index in [0.29, 0.717) is 17.5 Å². The highest BCUT2D eigenvalue weighted by Crippen LogP contribution is 2.56. The van der Waals surface area contributed by atoms with Crippen LogP contribution in [-0.2, 0) is 5.41 Å². The quantitative estimate of drug-likeness (QED) is 0.158. The molecule has 3 heteroatoms. The Hall–Kier alpha value is -8.01. The lowest BCUT2D eigenvalue weighted by atomic mass is 9.67. The van der Waals surface area contributed by atoms with E-state index in [2.05, 4.69) is 224 Å². The van der Waals surface area contributed by atoms with E-state index in [1.165, 1.54) is 44.2 Å². The number of fused-ring (bicyclic) bond motifs is 7. The highest BCUT2D eigenvalue weighted by atomic mass is 15.0. The van der Waals surface area contributed by atoms with Crippen LogP contribution in [0.15, 0.2) is 224 Å². The van der Waals surface area contributed by atoms with Crippen LogP contribution in [0.25, 0.3) is 88.7 Å². The Balaban J connectivity index is 1.02. The van der Waals surface area contributed by atoms with E-state index in [4.69, 9.17) is 15.0 Å². The topological polar surface area (TPSA) is 38.7 Å². The molecule has 0 bridgehead atoms. The fourth-order valence-corrected chi connectivity index (χ4v) is 9.84. The molecule has 284 valence electrons. The number of rotatable bonds is 6. The van der Waals surface area contributed by atoms with Gasteiger partial charge in [0.15, 0.2) is 17.5 Å². The molecule has 1 aromatic heterocycles. The van der Waals surface area contributed by atoms with Gasteiger partial charge in [0.2, 0.25) is 0 Å². The lowest BCUT2D eigenvalue weighted by Gasteiger charge is -2.34. The van der Waals surface area contributed by atoms with Crippen LogP contribution in [0.1, 0.15) is 22.3 Å². The first-order valence-corrected chi connectivity index (χ1v) is 20.9. The monoisotopic (exact) mass is 775 g/mol. The van der Waals surface area contributed by atoms with Gasteiger partial charge in [0.25, 0.3) is 0 Å². The second kappa shape index (κ2) is 14.1. The third-order valence-electron chi connectivity index (χ3n) is 12.6. The summed E-state index contributed by atoms with van der Waals surface area (Å²) in [5.41, 5.74) is 12.4. The largest absolute Gasteiger partial charge is 0.208 e. The molecule has 0 atom stereocenters. The van der Waals surface area contributed by atoms with Gasteiger partial charge in [-0.3, -0.25) is 0 Å². The Labute approximate surface area is 354 Å². The van der Waals surface area contributed by atoms with Crippen LogP contribution >= 0.6 is 0 Å². The predicted molar refractivity (Wildman–Crippen MR) is 251 cm³/mol. The summed E-state index contributed by atoms with van der Waals surface area (Å²) in [4.78, 5) is 15.8. The van der Waals surface area contributed by atoms with E-state index >= 15 is 0 Å². The zero-order valence-electron chi connectivity index (χ0n) is 33.2. The van der Waals surface area contributed by atoms with Crippen molar-refractivity contribution in [2.75, 3.05) is 0 Å². The van der Waals surface area contributed by atoms with Crippen molar-refractivity contribution < 1.29 is 0 Å². The molecule has 0 fully saturated rings. The summed E-state index contributed by atoms with van der Waals surface area (Å²) in [6, 6.07) is 80.6. The maximum atomic E-state index is 5.27. The molecule has 3 nitrogen and oxygen atoms in total. The third kappa shape index (κ3) is 5.55. The molecule has 1 aliphatic rings. The van der Waals surface area contributed by atoms with Gasteiger partial charge >= 0.3 is 0 Å². The van der Waals surface area contributed by atoms with E-state index in [0.717, 1.165) is 49.4 Å². The first-order valence-electron chi connectivity index (χ1n) is 20.9. The first-order chi connectivity index (χ1) is 30.2. The molecule has 1 heterocycles. The molecule has 10 aromatic carbocycles. The van der Waals surface area contributed by atoms with E-state index in [1.54, 1.807) is 0 Å². The Kier molecular flexibility index (Phi) is 8.07. The summed E-state index contributed by atoms with van der Waals surface area (Å²) in [5.74, 6) is 1.93. The maximum absolute atomic E-state index is 5.27. The van der Waals surface area contributed by atoms with Crippen molar-refractivity contribution in [2.24, 2.45) is 0 Å². The zero-order chi connectivity index (χ0) is 40.3. The van der Waals surface area contributed by atoms with Crippen LogP contribution in [0.2, 0.25) is 0 Å². The number of hydrogen-bond donors (Lipinski definition) is 0. The standard InChI is InChI=1S/C58H37N3/c1-3-19-43(20-4-1)58(44-21-5-2-6-22-44)53-29-14-13-27-49(53)50-35-34-41(37-54(50)58)38-30-32-40(33-31-38)55-59-56(51-28-15-18-39-16-7-9-23-45(39)51)61-57(60-55)52-36-42-17-8-10-24-46(42)47-25-11-12-26-48(47)52/h1-37H. The number of aromatic nitrogens is 3. The summed E-state index contributed by atoms with van der Waals surface area (Å²) in [6.07, 6.45) is 0. The molecule has 0 saturated heterocycles. The van der Waals surface area contributed by atoms with E-state index in [9.17, 15) is 0 Å². The molecule has 0 saturated carbocycles. The molecule has 0 amide bonds. The average Bonchev–Trinajstić information content (AvgIpc) is 3.64. The number of hydrogen-bond acceptors (Lipinski definition) is 3. The summed E-state index contributed by atoms with van der Waals surface area (Å²) in [5, 5.41) is 6.89. The first kappa shape index (κ1) is 35.0. The van der Waals surface area contributed by atoms with Crippen LogP contribution < -0.4 is 0 Å². The van der Waals surface area contributed by atoms with Crippen molar-refractivity contribution in [3.8, 4) is 56.4 Å². The summed E-state index contributed by atoms with van der Waals surface area (Å²) >= 11 is 0. The molecule has 11 aromatic rings. The second-order valence-corrected chi connectivity index (χ2v) is 15.9. The van der Waals surface area contributed by atoms with Crippen molar-refractivity contribution in [3.63, 3.8) is 0 Å². The molecule has 0 unspecified atom stereocenters. The van der Waals surface area contributed by atoms with Gasteiger partial charge in [-0.1, -0.05) is 212 Å². The Morgan fingerprint density at radius 3 is 1.52 bits per heavy atom. The van der Waals surface area contributed by atoms with Gasteiger partial charge in [0.1, 0.15) is 0 Å². The summed E-state index contributed by atoms with van der Waals surface area (Å²) in [6.45, 7) is 0. The van der Waals surface area contributed by atoms with Gasteiger partial charge in [0.05, 0.1) is 5.41 Å². The SMILES string of the molecule is c1ccc(C2(c3ccccc3)c3ccccc3-c3ccc(-c4ccc(-c5nc(-c6cccc7ccccc67)nc(-c6cc7ccccc7c7ccccc67)n5)cc4)cc32)cc1. The maximum Gasteiger partial charge on any atom is 0.164 e. The lowest BCUT2D eigenvalue weighted by molar-refractivity contribution is 0.769. The zero-order valence-corrected chi connectivity index (χ0v) is 33.2. The van der Waals surface area contributed by atoms with Crippen LogP contribution in [-0.4, -0.2) is 15.0 Å². The van der Waals surface area contributed by atoms with Gasteiger partial charge in [-0.05, 0) is 89.0 Å². The average molecular weight is 776 g/mol. The highest BCUT2D eigenvalue weighted by molar-refractivity contribution is 6.13. The number of benzene rings is 10. The Morgan fingerprint density at radius 1 is 0.262 bits per heavy atom. The predicted octanol–water partition coefficient (Wildman–Crippen LogP) is 14.4. The van der Waals surface area contributed by atoms with Crippen molar-refractivity contribution in [1.82, 2.24) is 15.0 Å². The second-order valence-electron chi connectivity index (χ2n) is 15.9. The minimum absolute atomic E-state index is 0.462. The molecule has 0 spiro atoms. The van der Waals surface area contributed by atoms with E-state index < -0.39 is 5.41 Å². The minimum Gasteiger partial charge on any atom is -0.208 e. The normalized spacial score (nSPS) is 12.7. The van der Waals surface area contributed by atoms with Gasteiger partial charge in [-0.25, -0.2) is 15.0 Å². The molecular weight excluding hydrogens is 739 g/mol. The minimum atomic E-state index is -0.462. The van der Waals surface area contributed by atoms with Gasteiger partial charge in [-0.15, -0.1) is 0 Å². The van der Waals surface area contributed by atoms with E-state index in [1.807, 2.05) is 0 Å². The lowest BCUT2D eigenvalue weighted by Crippen LogP contribution is -2.28. The van der Waals surface area contributed by atoms with Crippen LogP contribution in [0.4, 0.5) is 0 Å². The Bertz CT molecular complexity index is 3420. The molecular formula is C58H37N3. The highest BCUT2D eigenvalue weighted by Gasteiger charge is 2.46. The van der Waals surface area contributed by atoms with Crippen LogP contribution in [0.3, 0.4) is 0 Å². The van der Waals surface area contributed by atoms with Crippen LogP contribution in [0, 0.1) is 0 Å². The van der Waals surface area contributed by atoms with Crippen molar-refractivity contribution >= 4 is 32.3 Å². The number of nitrogens with zero attached hydrogens (tertiary/aromatic N) is 3. The smallest absolute Gasteiger partial charge is 0.164 e. The third-order valence-corrected chi connectivity index (χ3v) is 12.6. The van der Waals surface area contributed by atoms with Crippen molar-refractivity contribution in [2.45, 2.75) is 5.41 Å².